The molecule has 0 aromatic heterocycles. The highest BCUT2D eigenvalue weighted by Gasteiger charge is 2.34. The molecule has 1 amide bonds. The smallest absolute Gasteiger partial charge is 0.330 e. The Morgan fingerprint density at radius 1 is 1.41 bits per heavy atom. The lowest BCUT2D eigenvalue weighted by atomic mass is 10.1. The third kappa shape index (κ3) is 5.07. The first kappa shape index (κ1) is 19.4. The van der Waals surface area contributed by atoms with Crippen LogP contribution in [0.15, 0.2) is 24.3 Å². The molecule has 144 valence electrons. The summed E-state index contributed by atoms with van der Waals surface area (Å²) in [6.45, 7) is 1.69. The lowest BCUT2D eigenvalue weighted by molar-refractivity contribution is -0.144. The molecule has 1 aliphatic heterocycles. The maximum absolute atomic E-state index is 12.5. The summed E-state index contributed by atoms with van der Waals surface area (Å²) in [5, 5.41) is 14.9. The summed E-state index contributed by atoms with van der Waals surface area (Å²) >= 11 is 0. The Kier molecular flexibility index (Phi) is 6.45. The number of esters is 1. The zero-order chi connectivity index (χ0) is 19.2. The zero-order valence-corrected chi connectivity index (χ0v) is 15.2. The second-order valence-corrected chi connectivity index (χ2v) is 6.74. The minimum absolute atomic E-state index is 0.181. The Hall–Kier alpha value is -2.40. The van der Waals surface area contributed by atoms with Gasteiger partial charge in [0.2, 0.25) is 0 Å². The van der Waals surface area contributed by atoms with Crippen LogP contribution in [0.2, 0.25) is 0 Å². The average molecular weight is 372 g/mol. The van der Waals surface area contributed by atoms with Crippen molar-refractivity contribution in [2.45, 2.75) is 18.5 Å². The number of benzene rings is 1. The third-order valence-electron chi connectivity index (χ3n) is 4.80. The van der Waals surface area contributed by atoms with E-state index in [-0.39, 0.29) is 24.5 Å². The number of ether oxygens (including phenoxy) is 2. The van der Waals surface area contributed by atoms with E-state index in [9.17, 15) is 9.59 Å². The Balaban J connectivity index is 1.62. The van der Waals surface area contributed by atoms with Gasteiger partial charge >= 0.3 is 5.97 Å². The topological polar surface area (TPSA) is 96.9 Å². The fourth-order valence-corrected chi connectivity index (χ4v) is 2.98. The number of nitrogens with one attached hydrogen (secondary N) is 2. The summed E-state index contributed by atoms with van der Waals surface area (Å²) in [5.41, 5.74) is 1.24. The maximum atomic E-state index is 12.5. The first-order chi connectivity index (χ1) is 13.1. The van der Waals surface area contributed by atoms with E-state index in [1.165, 1.54) is 7.11 Å². The first-order valence-electron chi connectivity index (χ1n) is 9.04. The summed E-state index contributed by atoms with van der Waals surface area (Å²) in [6, 6.07) is 5.73. The summed E-state index contributed by atoms with van der Waals surface area (Å²) < 4.78 is 10.2. The van der Waals surface area contributed by atoms with Crippen LogP contribution < -0.4 is 10.6 Å². The number of morpholine rings is 1. The minimum atomic E-state index is -0.826. The van der Waals surface area contributed by atoms with Crippen LogP contribution in [0.4, 0.5) is 0 Å². The fourth-order valence-electron chi connectivity index (χ4n) is 2.98. The number of carbonyl (C=O) groups is 2. The highest BCUT2D eigenvalue weighted by Crippen LogP contribution is 2.36. The van der Waals surface area contributed by atoms with Gasteiger partial charge < -0.3 is 25.2 Å². The predicted molar refractivity (Wildman–Crippen MR) is 97.9 cm³/mol. The molecular weight excluding hydrogens is 348 g/mol. The lowest BCUT2D eigenvalue weighted by Crippen LogP contribution is -2.59. The molecule has 4 atom stereocenters. The molecular formula is C20H24N2O5. The van der Waals surface area contributed by atoms with Crippen molar-refractivity contribution < 1.29 is 24.2 Å². The zero-order valence-electron chi connectivity index (χ0n) is 15.2. The van der Waals surface area contributed by atoms with Crippen molar-refractivity contribution in [2.24, 2.45) is 11.8 Å². The van der Waals surface area contributed by atoms with Crippen molar-refractivity contribution in [3.8, 4) is 11.8 Å². The van der Waals surface area contributed by atoms with Crippen molar-refractivity contribution in [1.29, 1.82) is 0 Å². The second-order valence-electron chi connectivity index (χ2n) is 6.74. The molecule has 1 aliphatic carbocycles. The van der Waals surface area contributed by atoms with Gasteiger partial charge in [0.15, 0.2) is 0 Å². The van der Waals surface area contributed by atoms with Crippen LogP contribution in [0.3, 0.4) is 0 Å². The van der Waals surface area contributed by atoms with E-state index in [2.05, 4.69) is 22.5 Å². The number of aliphatic hydroxyl groups is 1. The van der Waals surface area contributed by atoms with Crippen molar-refractivity contribution in [1.82, 2.24) is 10.6 Å². The molecule has 1 heterocycles. The molecule has 7 nitrogen and oxygen atoms in total. The van der Waals surface area contributed by atoms with Crippen LogP contribution in [0.25, 0.3) is 0 Å². The minimum Gasteiger partial charge on any atom is -0.467 e. The van der Waals surface area contributed by atoms with Crippen molar-refractivity contribution in [3.63, 3.8) is 0 Å². The van der Waals surface area contributed by atoms with Crippen LogP contribution >= 0.6 is 0 Å². The Bertz CT molecular complexity index is 731. The van der Waals surface area contributed by atoms with Crippen molar-refractivity contribution >= 4 is 11.9 Å². The number of rotatable bonds is 5. The lowest BCUT2D eigenvalue weighted by Gasteiger charge is -2.30. The van der Waals surface area contributed by atoms with E-state index < -0.39 is 12.0 Å². The number of hydrogen-bond acceptors (Lipinski definition) is 6. The molecule has 2 fully saturated rings. The van der Waals surface area contributed by atoms with Crippen LogP contribution in [0.5, 0.6) is 0 Å². The molecule has 2 unspecified atom stereocenters. The summed E-state index contributed by atoms with van der Waals surface area (Å²) in [6.07, 6.45) is 0.942. The number of amides is 1. The van der Waals surface area contributed by atoms with Crippen molar-refractivity contribution in [2.75, 3.05) is 33.5 Å². The number of hydrogen-bond donors (Lipinski definition) is 3. The van der Waals surface area contributed by atoms with Gasteiger partial charge in [0.25, 0.3) is 5.91 Å². The Morgan fingerprint density at radius 3 is 2.78 bits per heavy atom. The fraction of sp³-hybridized carbons (Fsp3) is 0.500. The van der Waals surface area contributed by atoms with E-state index >= 15 is 0 Å². The maximum Gasteiger partial charge on any atom is 0.330 e. The molecule has 1 saturated heterocycles. The van der Waals surface area contributed by atoms with Gasteiger partial charge in [-0.3, -0.25) is 4.79 Å². The monoisotopic (exact) mass is 372 g/mol. The molecule has 1 aromatic carbocycles. The van der Waals surface area contributed by atoms with Gasteiger partial charge in [-0.1, -0.05) is 11.8 Å². The molecule has 1 aromatic rings. The molecule has 1 saturated carbocycles. The molecule has 3 rings (SSSR count). The van der Waals surface area contributed by atoms with Crippen LogP contribution in [0.1, 0.15) is 22.3 Å². The largest absolute Gasteiger partial charge is 0.467 e. The van der Waals surface area contributed by atoms with Gasteiger partial charge in [0.05, 0.1) is 26.4 Å². The van der Waals surface area contributed by atoms with E-state index in [1.54, 1.807) is 24.3 Å². The number of methoxy groups -OCH3 is 1. The molecule has 0 bridgehead atoms. The number of carbonyl (C=O) groups excluding carboxylic acids is 2. The molecule has 2 aliphatic rings. The Morgan fingerprint density at radius 2 is 2.19 bits per heavy atom. The molecule has 3 N–H and O–H groups in total. The van der Waals surface area contributed by atoms with Crippen LogP contribution in [0, 0.1) is 23.7 Å². The normalized spacial score (nSPS) is 24.9. The van der Waals surface area contributed by atoms with E-state index in [1.807, 2.05) is 0 Å². The predicted octanol–water partition coefficient (Wildman–Crippen LogP) is -0.0737. The molecule has 0 spiro atoms. The van der Waals surface area contributed by atoms with Gasteiger partial charge in [-0.05, 0) is 36.6 Å². The van der Waals surface area contributed by atoms with Gasteiger partial charge in [-0.15, -0.1) is 0 Å². The van der Waals surface area contributed by atoms with E-state index in [0.29, 0.717) is 31.2 Å². The quantitative estimate of drug-likeness (QED) is 0.494. The third-order valence-corrected chi connectivity index (χ3v) is 4.80. The van der Waals surface area contributed by atoms with E-state index in [4.69, 9.17) is 14.6 Å². The highest BCUT2D eigenvalue weighted by molar-refractivity contribution is 5.97. The van der Waals surface area contributed by atoms with E-state index in [0.717, 1.165) is 12.0 Å². The van der Waals surface area contributed by atoms with Crippen LogP contribution in [-0.2, 0) is 14.3 Å². The average Bonchev–Trinajstić information content (AvgIpc) is 3.49. The summed E-state index contributed by atoms with van der Waals surface area (Å²) in [7, 11) is 1.29. The number of aliphatic hydroxyl groups excluding tert-OH is 1. The SMILES string of the molecule is COC(=O)[C@@H](NC(=O)c1ccc(C#CC2CC2CO)cc1)[C@H]1COCCN1. The van der Waals surface area contributed by atoms with Crippen LogP contribution in [-0.4, -0.2) is 62.5 Å². The first-order valence-corrected chi connectivity index (χ1v) is 9.04. The molecule has 0 radical (unpaired) electrons. The van der Waals surface area contributed by atoms with Gasteiger partial charge in [0, 0.05) is 30.2 Å². The molecule has 27 heavy (non-hydrogen) atoms. The Labute approximate surface area is 158 Å². The summed E-state index contributed by atoms with van der Waals surface area (Å²) in [5.74, 6) is 5.88. The highest BCUT2D eigenvalue weighted by atomic mass is 16.5. The van der Waals surface area contributed by atoms with Crippen molar-refractivity contribution in [3.05, 3.63) is 35.4 Å². The molecule has 7 heteroatoms. The summed E-state index contributed by atoms with van der Waals surface area (Å²) in [4.78, 5) is 24.6. The second kappa shape index (κ2) is 9.00. The van der Waals surface area contributed by atoms with Gasteiger partial charge in [0.1, 0.15) is 6.04 Å². The van der Waals surface area contributed by atoms with Gasteiger partial charge in [-0.2, -0.15) is 0 Å². The van der Waals surface area contributed by atoms with Gasteiger partial charge in [-0.25, -0.2) is 4.79 Å². The standard InChI is InChI=1S/C20H24N2O5/c1-26-20(25)18(17-12-27-9-8-21-17)22-19(24)14-5-2-13(3-6-14)4-7-15-10-16(15)11-23/h2-3,5-6,15-18,21,23H,8-12H2,1H3,(H,22,24)/t15?,16?,17-,18+/m1/s1.